The Kier molecular flexibility index (Phi) is 2.94. The Labute approximate surface area is 73.1 Å². The van der Waals surface area contributed by atoms with Crippen LogP contribution in [0, 0.1) is 0 Å². The molecule has 0 aromatic carbocycles. The third kappa shape index (κ3) is 1.66. The Morgan fingerprint density at radius 2 is 2.23 bits per heavy atom. The van der Waals surface area contributed by atoms with E-state index in [-0.39, 0.29) is 23.6 Å². The van der Waals surface area contributed by atoms with Crippen molar-refractivity contribution in [2.45, 2.75) is 13.3 Å². The standard InChI is InChI=1S/C7H8F2N2O2/c1-11-6(3-9)7(13-4-12)5(2-8)10-11/h4H,2-3H2,1H3. The first-order valence-corrected chi connectivity index (χ1v) is 3.51. The van der Waals surface area contributed by atoms with Gasteiger partial charge in [-0.05, 0) is 0 Å². The van der Waals surface area contributed by atoms with Crippen LogP contribution in [0.4, 0.5) is 8.78 Å². The van der Waals surface area contributed by atoms with Gasteiger partial charge >= 0.3 is 0 Å². The molecule has 72 valence electrons. The molecular formula is C7H8F2N2O2. The summed E-state index contributed by atoms with van der Waals surface area (Å²) in [6.45, 7) is -1.63. The molecule has 1 heterocycles. The second-order valence-corrected chi connectivity index (χ2v) is 2.33. The zero-order valence-corrected chi connectivity index (χ0v) is 6.96. The number of carbonyl (C=O) groups is 1. The molecule has 4 nitrogen and oxygen atoms in total. The average Bonchev–Trinajstić information content (AvgIpc) is 2.43. The topological polar surface area (TPSA) is 44.1 Å². The Balaban J connectivity index is 3.14. The zero-order chi connectivity index (χ0) is 9.84. The van der Waals surface area contributed by atoms with E-state index in [0.29, 0.717) is 0 Å². The molecule has 0 aliphatic carbocycles. The summed E-state index contributed by atoms with van der Waals surface area (Å²) in [6.07, 6.45) is 0. The van der Waals surface area contributed by atoms with Gasteiger partial charge in [0.2, 0.25) is 0 Å². The third-order valence-corrected chi connectivity index (χ3v) is 1.60. The molecule has 0 spiro atoms. The number of ether oxygens (including phenoxy) is 1. The van der Waals surface area contributed by atoms with E-state index in [9.17, 15) is 13.6 Å². The van der Waals surface area contributed by atoms with Gasteiger partial charge in [-0.3, -0.25) is 9.48 Å². The van der Waals surface area contributed by atoms with Crippen LogP contribution in [0.1, 0.15) is 11.4 Å². The predicted octanol–water partition coefficient (Wildman–Crippen LogP) is 0.894. The molecule has 0 bridgehead atoms. The van der Waals surface area contributed by atoms with Crippen molar-refractivity contribution in [3.8, 4) is 5.75 Å². The van der Waals surface area contributed by atoms with Crippen LogP contribution in [-0.2, 0) is 25.2 Å². The number of hydrogen-bond acceptors (Lipinski definition) is 3. The van der Waals surface area contributed by atoms with Gasteiger partial charge in [0.05, 0.1) is 0 Å². The minimum atomic E-state index is -0.892. The van der Waals surface area contributed by atoms with Gasteiger partial charge in [-0.1, -0.05) is 0 Å². The Morgan fingerprint density at radius 3 is 2.69 bits per heavy atom. The smallest absolute Gasteiger partial charge is 0.298 e. The van der Waals surface area contributed by atoms with Crippen molar-refractivity contribution in [1.82, 2.24) is 9.78 Å². The van der Waals surface area contributed by atoms with Crippen LogP contribution < -0.4 is 4.74 Å². The molecule has 0 aliphatic heterocycles. The number of halogens is 2. The maximum atomic E-state index is 12.3. The monoisotopic (exact) mass is 190 g/mol. The normalized spacial score (nSPS) is 10.1. The van der Waals surface area contributed by atoms with Crippen LogP contribution in [0.25, 0.3) is 0 Å². The lowest BCUT2D eigenvalue weighted by atomic mass is 10.3. The Morgan fingerprint density at radius 1 is 1.54 bits per heavy atom. The molecule has 13 heavy (non-hydrogen) atoms. The fourth-order valence-electron chi connectivity index (χ4n) is 1.02. The average molecular weight is 190 g/mol. The van der Waals surface area contributed by atoms with Gasteiger partial charge in [0.25, 0.3) is 6.47 Å². The molecule has 0 radical (unpaired) electrons. The summed E-state index contributed by atoms with van der Waals surface area (Å²) in [7, 11) is 1.45. The SMILES string of the molecule is Cn1nc(CF)c(OC=O)c1CF. The predicted molar refractivity (Wildman–Crippen MR) is 39.5 cm³/mol. The van der Waals surface area contributed by atoms with Crippen LogP contribution in [0.15, 0.2) is 0 Å². The van der Waals surface area contributed by atoms with Crippen LogP contribution in [0.3, 0.4) is 0 Å². The largest absolute Gasteiger partial charge is 0.425 e. The number of rotatable bonds is 4. The number of aryl methyl sites for hydroxylation is 1. The third-order valence-electron chi connectivity index (χ3n) is 1.60. The second-order valence-electron chi connectivity index (χ2n) is 2.33. The molecule has 1 aromatic rings. The van der Waals surface area contributed by atoms with Gasteiger partial charge in [0.15, 0.2) is 5.75 Å². The first kappa shape index (κ1) is 9.63. The number of nitrogens with zero attached hydrogens (tertiary/aromatic N) is 2. The molecule has 0 saturated heterocycles. The van der Waals surface area contributed by atoms with Crippen LogP contribution in [0.5, 0.6) is 5.75 Å². The molecule has 1 rings (SSSR count). The highest BCUT2D eigenvalue weighted by atomic mass is 19.1. The first-order chi connectivity index (χ1) is 6.24. The molecule has 0 atom stereocenters. The van der Waals surface area contributed by atoms with E-state index < -0.39 is 13.3 Å². The van der Waals surface area contributed by atoms with Crippen molar-refractivity contribution < 1.29 is 18.3 Å². The molecule has 1 aromatic heterocycles. The highest BCUT2D eigenvalue weighted by Gasteiger charge is 2.17. The summed E-state index contributed by atoms with van der Waals surface area (Å²) in [5.74, 6) is -0.123. The van der Waals surface area contributed by atoms with E-state index >= 15 is 0 Å². The van der Waals surface area contributed by atoms with Gasteiger partial charge in [0, 0.05) is 7.05 Å². The number of alkyl halides is 2. The second kappa shape index (κ2) is 3.97. The van der Waals surface area contributed by atoms with Crippen LogP contribution in [0.2, 0.25) is 0 Å². The summed E-state index contributed by atoms with van der Waals surface area (Å²) >= 11 is 0. The molecule has 6 heteroatoms. The maximum Gasteiger partial charge on any atom is 0.298 e. The van der Waals surface area contributed by atoms with E-state index in [1.807, 2.05) is 0 Å². The summed E-state index contributed by atoms with van der Waals surface area (Å²) < 4.78 is 30.2. The van der Waals surface area contributed by atoms with Crippen molar-refractivity contribution in [3.05, 3.63) is 11.4 Å². The minimum absolute atomic E-state index is 0.0553. The fraction of sp³-hybridized carbons (Fsp3) is 0.429. The molecule has 0 saturated carbocycles. The Bertz CT molecular complexity index is 312. The van der Waals surface area contributed by atoms with Crippen molar-refractivity contribution in [2.75, 3.05) is 0 Å². The lowest BCUT2D eigenvalue weighted by Crippen LogP contribution is -1.97. The van der Waals surface area contributed by atoms with E-state index in [1.54, 1.807) is 0 Å². The van der Waals surface area contributed by atoms with Crippen molar-refractivity contribution >= 4 is 6.47 Å². The molecule has 0 aliphatic rings. The molecule has 0 unspecified atom stereocenters. The molecule has 0 N–H and O–H groups in total. The van der Waals surface area contributed by atoms with Gasteiger partial charge in [-0.2, -0.15) is 5.10 Å². The summed E-state index contributed by atoms with van der Waals surface area (Å²) in [6, 6.07) is 0. The highest BCUT2D eigenvalue weighted by molar-refractivity contribution is 5.48. The lowest BCUT2D eigenvalue weighted by Gasteiger charge is -1.98. The summed E-state index contributed by atoms with van der Waals surface area (Å²) in [4.78, 5) is 10.0. The first-order valence-electron chi connectivity index (χ1n) is 3.51. The van der Waals surface area contributed by atoms with E-state index in [0.717, 1.165) is 4.68 Å². The molecule has 0 amide bonds. The van der Waals surface area contributed by atoms with Gasteiger partial charge in [0.1, 0.15) is 24.7 Å². The maximum absolute atomic E-state index is 12.3. The lowest BCUT2D eigenvalue weighted by molar-refractivity contribution is -0.120. The van der Waals surface area contributed by atoms with Crippen molar-refractivity contribution in [1.29, 1.82) is 0 Å². The Hall–Kier alpha value is -1.46. The van der Waals surface area contributed by atoms with Gasteiger partial charge < -0.3 is 4.74 Å². The van der Waals surface area contributed by atoms with E-state index in [2.05, 4.69) is 9.84 Å². The van der Waals surface area contributed by atoms with E-state index in [1.165, 1.54) is 7.05 Å². The number of aromatic nitrogens is 2. The van der Waals surface area contributed by atoms with Crippen molar-refractivity contribution in [3.63, 3.8) is 0 Å². The summed E-state index contributed by atoms with van der Waals surface area (Å²) in [5, 5.41) is 3.64. The fourth-order valence-corrected chi connectivity index (χ4v) is 1.02. The van der Waals surface area contributed by atoms with Crippen LogP contribution >= 0.6 is 0 Å². The number of carbonyl (C=O) groups excluding carboxylic acids is 1. The number of hydrogen-bond donors (Lipinski definition) is 0. The summed E-state index contributed by atoms with van der Waals surface area (Å²) in [5.41, 5.74) is -0.0120. The van der Waals surface area contributed by atoms with Crippen molar-refractivity contribution in [2.24, 2.45) is 7.05 Å². The van der Waals surface area contributed by atoms with E-state index in [4.69, 9.17) is 0 Å². The quantitative estimate of drug-likeness (QED) is 0.662. The zero-order valence-electron chi connectivity index (χ0n) is 6.96. The molecule has 0 fully saturated rings. The van der Waals surface area contributed by atoms with Gasteiger partial charge in [-0.15, -0.1) is 0 Å². The molecular weight excluding hydrogens is 182 g/mol. The minimum Gasteiger partial charge on any atom is -0.425 e. The van der Waals surface area contributed by atoms with Crippen LogP contribution in [-0.4, -0.2) is 16.3 Å². The highest BCUT2D eigenvalue weighted by Crippen LogP contribution is 2.24. The van der Waals surface area contributed by atoms with Gasteiger partial charge in [-0.25, -0.2) is 8.78 Å².